The highest BCUT2D eigenvalue weighted by atomic mass is 79.9. The van der Waals surface area contributed by atoms with Gasteiger partial charge in [-0.15, -0.1) is 0 Å². The van der Waals surface area contributed by atoms with Crippen LogP contribution in [-0.2, 0) is 17.4 Å². The number of Topliss-reactive ketones (excluding diaryl/α,β-unsaturated/α-hetero) is 1. The summed E-state index contributed by atoms with van der Waals surface area (Å²) >= 11 is 3.47. The molecule has 5 rings (SSSR count). The van der Waals surface area contributed by atoms with Crippen molar-refractivity contribution in [2.75, 3.05) is 6.54 Å². The molecule has 0 saturated carbocycles. The smallest absolute Gasteiger partial charge is 0.325 e. The summed E-state index contributed by atoms with van der Waals surface area (Å²) in [5.74, 6) is -0.755. The normalized spacial score (nSPS) is 17.9. The van der Waals surface area contributed by atoms with E-state index in [2.05, 4.69) is 21.2 Å². The summed E-state index contributed by atoms with van der Waals surface area (Å²) in [6.45, 7) is 1.31. The maximum Gasteiger partial charge on any atom is 0.325 e. The van der Waals surface area contributed by atoms with E-state index in [0.717, 1.165) is 27.1 Å². The van der Waals surface area contributed by atoms with Crippen LogP contribution in [0.15, 0.2) is 83.3 Å². The standard InChI is InChI=1S/C27H22BrN3O3/c1-27(19-13-7-8-14-20(19)28)25(33)31(26(34)29-27)16-22(32)23-18-12-6-9-15-21(18)30(2)24(23)17-10-4-3-5-11-17/h3-15H,16H2,1-2H3,(H,29,34)/t27-/m1/s1. The Bertz CT molecular complexity index is 1460. The van der Waals surface area contributed by atoms with E-state index in [0.29, 0.717) is 15.6 Å². The molecule has 2 heterocycles. The quantitative estimate of drug-likeness (QED) is 0.291. The summed E-state index contributed by atoms with van der Waals surface area (Å²) < 4.78 is 2.69. The van der Waals surface area contributed by atoms with Crippen molar-refractivity contribution in [2.45, 2.75) is 12.5 Å². The van der Waals surface area contributed by atoms with Gasteiger partial charge in [0.1, 0.15) is 5.54 Å². The number of aryl methyl sites for hydroxylation is 1. The Kier molecular flexibility index (Phi) is 5.37. The highest BCUT2D eigenvalue weighted by Crippen LogP contribution is 2.36. The number of urea groups is 1. The molecule has 3 amide bonds. The monoisotopic (exact) mass is 515 g/mol. The molecular weight excluding hydrogens is 494 g/mol. The first kappa shape index (κ1) is 22.1. The molecule has 1 fully saturated rings. The van der Waals surface area contributed by atoms with Crippen molar-refractivity contribution in [3.05, 3.63) is 94.5 Å². The number of nitrogens with one attached hydrogen (secondary N) is 1. The van der Waals surface area contributed by atoms with Gasteiger partial charge in [0.25, 0.3) is 5.91 Å². The Morgan fingerprint density at radius 2 is 1.59 bits per heavy atom. The number of benzene rings is 3. The van der Waals surface area contributed by atoms with Crippen LogP contribution < -0.4 is 5.32 Å². The molecule has 7 heteroatoms. The Labute approximate surface area is 205 Å². The lowest BCUT2D eigenvalue weighted by Crippen LogP contribution is -2.41. The molecule has 6 nitrogen and oxygen atoms in total. The van der Waals surface area contributed by atoms with E-state index in [-0.39, 0.29) is 12.3 Å². The van der Waals surface area contributed by atoms with Crippen LogP contribution >= 0.6 is 15.9 Å². The maximum atomic E-state index is 13.7. The lowest BCUT2D eigenvalue weighted by molar-refractivity contribution is -0.130. The van der Waals surface area contributed by atoms with E-state index >= 15 is 0 Å². The largest absolute Gasteiger partial charge is 0.343 e. The number of nitrogens with zero attached hydrogens (tertiary/aromatic N) is 2. The van der Waals surface area contributed by atoms with Crippen LogP contribution in [0.1, 0.15) is 22.8 Å². The number of carbonyl (C=O) groups excluding carboxylic acids is 3. The molecule has 1 saturated heterocycles. The van der Waals surface area contributed by atoms with Gasteiger partial charge in [-0.25, -0.2) is 4.79 Å². The third-order valence-corrected chi connectivity index (χ3v) is 7.11. The lowest BCUT2D eigenvalue weighted by atomic mass is 9.92. The highest BCUT2D eigenvalue weighted by molar-refractivity contribution is 9.10. The topological polar surface area (TPSA) is 71.4 Å². The first-order valence-corrected chi connectivity index (χ1v) is 11.7. The van der Waals surface area contributed by atoms with Crippen molar-refractivity contribution < 1.29 is 14.4 Å². The molecule has 0 spiro atoms. The van der Waals surface area contributed by atoms with Gasteiger partial charge in [0.2, 0.25) is 0 Å². The molecule has 1 aliphatic heterocycles. The molecule has 170 valence electrons. The summed E-state index contributed by atoms with van der Waals surface area (Å²) in [6.07, 6.45) is 0. The van der Waals surface area contributed by atoms with Crippen LogP contribution in [0.3, 0.4) is 0 Å². The molecule has 0 aliphatic carbocycles. The number of imide groups is 1. The van der Waals surface area contributed by atoms with Crippen LogP contribution in [-0.4, -0.2) is 33.7 Å². The van der Waals surface area contributed by atoms with E-state index in [4.69, 9.17) is 0 Å². The second-order valence-corrected chi connectivity index (χ2v) is 9.37. The van der Waals surface area contributed by atoms with Crippen molar-refractivity contribution in [1.29, 1.82) is 0 Å². The van der Waals surface area contributed by atoms with E-state index < -0.39 is 17.5 Å². The summed E-state index contributed by atoms with van der Waals surface area (Å²) in [6, 6.07) is 24.0. The molecule has 1 N–H and O–H groups in total. The second-order valence-electron chi connectivity index (χ2n) is 8.52. The highest BCUT2D eigenvalue weighted by Gasteiger charge is 2.50. The van der Waals surface area contributed by atoms with Gasteiger partial charge in [-0.1, -0.05) is 82.7 Å². The van der Waals surface area contributed by atoms with Crippen LogP contribution in [0.2, 0.25) is 0 Å². The minimum atomic E-state index is -1.27. The van der Waals surface area contributed by atoms with Gasteiger partial charge >= 0.3 is 6.03 Å². The summed E-state index contributed by atoms with van der Waals surface area (Å²) in [4.78, 5) is 41.1. The van der Waals surface area contributed by atoms with Gasteiger partial charge in [-0.3, -0.25) is 14.5 Å². The molecule has 0 unspecified atom stereocenters. The molecule has 0 radical (unpaired) electrons. The van der Waals surface area contributed by atoms with Crippen molar-refractivity contribution in [1.82, 2.24) is 14.8 Å². The fourth-order valence-electron chi connectivity index (χ4n) is 4.72. The number of hydrogen-bond acceptors (Lipinski definition) is 3. The van der Waals surface area contributed by atoms with E-state index in [1.54, 1.807) is 19.1 Å². The average molecular weight is 516 g/mol. The molecule has 1 aliphatic rings. The van der Waals surface area contributed by atoms with Crippen molar-refractivity contribution in [3.8, 4) is 11.3 Å². The minimum absolute atomic E-state index is 0.296. The van der Waals surface area contributed by atoms with E-state index in [1.807, 2.05) is 78.3 Å². The first-order valence-electron chi connectivity index (χ1n) is 10.9. The Balaban J connectivity index is 1.56. The molecule has 0 bridgehead atoms. The zero-order chi connectivity index (χ0) is 24.0. The number of hydrogen-bond donors (Lipinski definition) is 1. The zero-order valence-electron chi connectivity index (χ0n) is 18.7. The third kappa shape index (κ3) is 3.35. The third-order valence-electron chi connectivity index (χ3n) is 6.42. The summed E-state index contributed by atoms with van der Waals surface area (Å²) in [7, 11) is 1.92. The molecule has 34 heavy (non-hydrogen) atoms. The van der Waals surface area contributed by atoms with Gasteiger partial charge in [0.05, 0.1) is 17.8 Å². The minimum Gasteiger partial charge on any atom is -0.343 e. The van der Waals surface area contributed by atoms with E-state index in [1.165, 1.54) is 0 Å². The number of rotatable bonds is 5. The summed E-state index contributed by atoms with van der Waals surface area (Å²) in [5, 5.41) is 3.57. The molecule has 4 aromatic rings. The fourth-order valence-corrected chi connectivity index (χ4v) is 5.40. The van der Waals surface area contributed by atoms with Crippen molar-refractivity contribution in [3.63, 3.8) is 0 Å². The molecule has 3 aromatic carbocycles. The average Bonchev–Trinajstić information content (AvgIpc) is 3.26. The predicted octanol–water partition coefficient (Wildman–Crippen LogP) is 5.26. The predicted molar refractivity (Wildman–Crippen MR) is 134 cm³/mol. The number of carbonyl (C=O) groups is 3. The number of para-hydroxylation sites is 1. The van der Waals surface area contributed by atoms with Gasteiger partial charge in [0.15, 0.2) is 5.78 Å². The van der Waals surface area contributed by atoms with Crippen LogP contribution in [0.4, 0.5) is 4.79 Å². The Hall–Kier alpha value is -3.71. The fraction of sp³-hybridized carbons (Fsp3) is 0.148. The number of halogens is 1. The van der Waals surface area contributed by atoms with Gasteiger partial charge in [-0.2, -0.15) is 0 Å². The zero-order valence-corrected chi connectivity index (χ0v) is 20.3. The van der Waals surface area contributed by atoms with Crippen LogP contribution in [0.25, 0.3) is 22.2 Å². The lowest BCUT2D eigenvalue weighted by Gasteiger charge is -2.23. The number of amides is 3. The number of fused-ring (bicyclic) bond motifs is 1. The van der Waals surface area contributed by atoms with Gasteiger partial charge < -0.3 is 9.88 Å². The van der Waals surface area contributed by atoms with Crippen LogP contribution in [0, 0.1) is 0 Å². The summed E-state index contributed by atoms with van der Waals surface area (Å²) in [5.41, 5.74) is 2.42. The first-order chi connectivity index (χ1) is 16.3. The SMILES string of the molecule is Cn1c(-c2ccccc2)c(C(=O)CN2C(=O)N[C@](C)(c3ccccc3Br)C2=O)c2ccccc21. The Morgan fingerprint density at radius 1 is 0.941 bits per heavy atom. The van der Waals surface area contributed by atoms with E-state index in [9.17, 15) is 14.4 Å². The second kappa shape index (κ2) is 8.25. The van der Waals surface area contributed by atoms with Crippen molar-refractivity contribution in [2.24, 2.45) is 7.05 Å². The molecule has 1 atom stereocenters. The Morgan fingerprint density at radius 3 is 2.32 bits per heavy atom. The number of aromatic nitrogens is 1. The van der Waals surface area contributed by atoms with Crippen LogP contribution in [0.5, 0.6) is 0 Å². The maximum absolute atomic E-state index is 13.7. The number of ketones is 1. The van der Waals surface area contributed by atoms with Gasteiger partial charge in [-0.05, 0) is 24.6 Å². The van der Waals surface area contributed by atoms with Crippen molar-refractivity contribution >= 4 is 44.6 Å². The van der Waals surface area contributed by atoms with Gasteiger partial charge in [0, 0.05) is 28.0 Å². The molecule has 1 aromatic heterocycles. The molecular formula is C27H22BrN3O3.